The number of hydrogen-bond donors (Lipinski definition) is 2. The van der Waals surface area contributed by atoms with Crippen LogP contribution in [-0.4, -0.2) is 20.7 Å². The van der Waals surface area contributed by atoms with Crippen molar-refractivity contribution >= 4 is 34.1 Å². The highest BCUT2D eigenvalue weighted by Gasteiger charge is 2.17. The summed E-state index contributed by atoms with van der Waals surface area (Å²) < 4.78 is 3.02. The van der Waals surface area contributed by atoms with E-state index in [2.05, 4.69) is 31.4 Å². The van der Waals surface area contributed by atoms with E-state index in [-0.39, 0.29) is 11.9 Å². The van der Waals surface area contributed by atoms with Gasteiger partial charge in [0.05, 0.1) is 11.6 Å². The van der Waals surface area contributed by atoms with Crippen molar-refractivity contribution in [2.24, 2.45) is 7.05 Å². The summed E-state index contributed by atoms with van der Waals surface area (Å²) >= 11 is 8.40. The maximum Gasteiger partial charge on any atom is 0.253 e. The van der Waals surface area contributed by atoms with Crippen molar-refractivity contribution in [2.45, 2.75) is 13.0 Å². The van der Waals surface area contributed by atoms with E-state index >= 15 is 0 Å². The molecular weight excluding hydrogens is 328 g/mol. The molecule has 5 nitrogen and oxygen atoms in total. The molecule has 2 rings (SSSR count). The SMILES string of the molecule is C[C@H](NC(=O)c1ccccc1Br)c1n[nH]c(=S)n1C. The van der Waals surface area contributed by atoms with E-state index in [0.717, 1.165) is 4.47 Å². The Bertz CT molecular complexity index is 664. The molecule has 0 bridgehead atoms. The molecule has 1 aromatic heterocycles. The molecule has 0 saturated carbocycles. The lowest BCUT2D eigenvalue weighted by Gasteiger charge is -2.13. The van der Waals surface area contributed by atoms with Gasteiger partial charge in [-0.1, -0.05) is 12.1 Å². The maximum atomic E-state index is 12.2. The largest absolute Gasteiger partial charge is 0.342 e. The summed E-state index contributed by atoms with van der Waals surface area (Å²) in [5.41, 5.74) is 0.589. The van der Waals surface area contributed by atoms with Gasteiger partial charge in [0.1, 0.15) is 0 Å². The Morgan fingerprint density at radius 2 is 2.21 bits per heavy atom. The zero-order valence-electron chi connectivity index (χ0n) is 10.5. The number of halogens is 1. The predicted octanol–water partition coefficient (Wildman–Crippen LogP) is 2.73. The Kier molecular flexibility index (Phi) is 4.16. The van der Waals surface area contributed by atoms with Gasteiger partial charge in [-0.2, -0.15) is 5.10 Å². The Balaban J connectivity index is 2.18. The molecule has 0 saturated heterocycles. The minimum absolute atomic E-state index is 0.158. The van der Waals surface area contributed by atoms with Crippen molar-refractivity contribution in [2.75, 3.05) is 0 Å². The fourth-order valence-corrected chi connectivity index (χ4v) is 2.33. The molecule has 100 valence electrons. The lowest BCUT2D eigenvalue weighted by atomic mass is 10.2. The van der Waals surface area contributed by atoms with Gasteiger partial charge >= 0.3 is 0 Å². The van der Waals surface area contributed by atoms with Crippen molar-refractivity contribution < 1.29 is 4.79 Å². The first-order valence-electron chi connectivity index (χ1n) is 5.67. The lowest BCUT2D eigenvalue weighted by Crippen LogP contribution is -2.28. The third-order valence-electron chi connectivity index (χ3n) is 2.77. The first-order valence-corrected chi connectivity index (χ1v) is 6.87. The van der Waals surface area contributed by atoms with Gasteiger partial charge in [0.25, 0.3) is 5.91 Å². The van der Waals surface area contributed by atoms with Gasteiger partial charge in [0, 0.05) is 11.5 Å². The summed E-state index contributed by atoms with van der Waals surface area (Å²) in [7, 11) is 1.81. The standard InChI is InChI=1S/C12H13BrN4OS/c1-7(10-15-16-12(19)17(10)2)14-11(18)8-5-3-4-6-9(8)13/h3-7H,1-2H3,(H,14,18)(H,16,19)/t7-/m0/s1. The smallest absolute Gasteiger partial charge is 0.253 e. The lowest BCUT2D eigenvalue weighted by molar-refractivity contribution is 0.0937. The van der Waals surface area contributed by atoms with Crippen LogP contribution in [0, 0.1) is 4.77 Å². The van der Waals surface area contributed by atoms with Crippen molar-refractivity contribution in [1.29, 1.82) is 0 Å². The van der Waals surface area contributed by atoms with Crippen LogP contribution in [0.2, 0.25) is 0 Å². The van der Waals surface area contributed by atoms with E-state index in [0.29, 0.717) is 16.2 Å². The van der Waals surface area contributed by atoms with Gasteiger partial charge in [-0.25, -0.2) is 0 Å². The number of carbonyl (C=O) groups is 1. The van der Waals surface area contributed by atoms with Crippen molar-refractivity contribution in [3.63, 3.8) is 0 Å². The van der Waals surface area contributed by atoms with Crippen LogP contribution < -0.4 is 5.32 Å². The van der Waals surface area contributed by atoms with Crippen LogP contribution in [0.15, 0.2) is 28.7 Å². The fourth-order valence-electron chi connectivity index (χ4n) is 1.73. The molecule has 0 aliphatic carbocycles. The molecule has 1 aromatic carbocycles. The molecule has 1 amide bonds. The number of H-pyrrole nitrogens is 1. The first-order chi connectivity index (χ1) is 9.00. The Labute approximate surface area is 124 Å². The molecule has 2 aromatic rings. The number of aromatic amines is 1. The molecule has 0 fully saturated rings. The fraction of sp³-hybridized carbons (Fsp3) is 0.250. The first kappa shape index (κ1) is 14.0. The molecule has 7 heteroatoms. The van der Waals surface area contributed by atoms with E-state index in [9.17, 15) is 4.79 Å². The molecule has 2 N–H and O–H groups in total. The topological polar surface area (TPSA) is 62.7 Å². The third-order valence-corrected chi connectivity index (χ3v) is 3.82. The Hall–Kier alpha value is -1.47. The van der Waals surface area contributed by atoms with Gasteiger partial charge in [-0.15, -0.1) is 0 Å². The highest BCUT2D eigenvalue weighted by atomic mass is 79.9. The summed E-state index contributed by atoms with van der Waals surface area (Å²) in [6, 6.07) is 7.03. The average molecular weight is 341 g/mol. The average Bonchev–Trinajstić information content (AvgIpc) is 2.70. The van der Waals surface area contributed by atoms with Crippen LogP contribution in [0.1, 0.15) is 29.1 Å². The number of nitrogens with zero attached hydrogens (tertiary/aromatic N) is 2. The number of carbonyl (C=O) groups excluding carboxylic acids is 1. The maximum absolute atomic E-state index is 12.2. The van der Waals surface area contributed by atoms with E-state index < -0.39 is 0 Å². The zero-order chi connectivity index (χ0) is 14.0. The van der Waals surface area contributed by atoms with Crippen LogP contribution >= 0.6 is 28.1 Å². The zero-order valence-corrected chi connectivity index (χ0v) is 12.9. The second-order valence-corrected chi connectivity index (χ2v) is 5.36. The van der Waals surface area contributed by atoms with Crippen molar-refractivity contribution in [3.05, 3.63) is 44.9 Å². The number of benzene rings is 1. The summed E-state index contributed by atoms with van der Waals surface area (Å²) in [5.74, 6) is 0.527. The number of amides is 1. The number of aromatic nitrogens is 3. The van der Waals surface area contributed by atoms with Crippen LogP contribution in [-0.2, 0) is 7.05 Å². The molecular formula is C12H13BrN4OS. The summed E-state index contributed by atoms with van der Waals surface area (Å²) in [4.78, 5) is 12.2. The van der Waals surface area contributed by atoms with Crippen LogP contribution in [0.3, 0.4) is 0 Å². The molecule has 0 spiro atoms. The Morgan fingerprint density at radius 3 is 2.79 bits per heavy atom. The monoisotopic (exact) mass is 340 g/mol. The minimum Gasteiger partial charge on any atom is -0.342 e. The minimum atomic E-state index is -0.238. The molecule has 0 aliphatic rings. The highest BCUT2D eigenvalue weighted by Crippen LogP contribution is 2.17. The molecule has 0 radical (unpaired) electrons. The Morgan fingerprint density at radius 1 is 1.53 bits per heavy atom. The van der Waals surface area contributed by atoms with E-state index in [1.54, 1.807) is 10.6 Å². The summed E-state index contributed by atoms with van der Waals surface area (Å²) in [6.45, 7) is 1.86. The van der Waals surface area contributed by atoms with Gasteiger partial charge in [0.2, 0.25) is 0 Å². The number of nitrogens with one attached hydrogen (secondary N) is 2. The normalized spacial score (nSPS) is 12.2. The van der Waals surface area contributed by atoms with Crippen LogP contribution in [0.5, 0.6) is 0 Å². The molecule has 1 atom stereocenters. The summed E-state index contributed by atoms with van der Waals surface area (Å²) in [5, 5.41) is 9.69. The van der Waals surface area contributed by atoms with E-state index in [1.807, 2.05) is 32.2 Å². The van der Waals surface area contributed by atoms with Crippen LogP contribution in [0.4, 0.5) is 0 Å². The summed E-state index contributed by atoms with van der Waals surface area (Å²) in [6.07, 6.45) is 0. The second-order valence-electron chi connectivity index (χ2n) is 4.12. The molecule has 19 heavy (non-hydrogen) atoms. The molecule has 0 aliphatic heterocycles. The quantitative estimate of drug-likeness (QED) is 0.844. The van der Waals surface area contributed by atoms with E-state index in [4.69, 9.17) is 12.2 Å². The van der Waals surface area contributed by atoms with Gasteiger partial charge < -0.3 is 9.88 Å². The predicted molar refractivity (Wildman–Crippen MR) is 78.4 cm³/mol. The van der Waals surface area contributed by atoms with Gasteiger partial charge in [0.15, 0.2) is 10.6 Å². The second kappa shape index (κ2) is 5.66. The molecule has 1 heterocycles. The van der Waals surface area contributed by atoms with Gasteiger partial charge in [-0.05, 0) is 47.2 Å². The number of hydrogen-bond acceptors (Lipinski definition) is 3. The van der Waals surface area contributed by atoms with Crippen molar-refractivity contribution in [3.8, 4) is 0 Å². The van der Waals surface area contributed by atoms with E-state index in [1.165, 1.54) is 0 Å². The number of rotatable bonds is 3. The van der Waals surface area contributed by atoms with Gasteiger partial charge in [-0.3, -0.25) is 9.89 Å². The molecule has 0 unspecified atom stereocenters. The third kappa shape index (κ3) is 2.93. The van der Waals surface area contributed by atoms with Crippen molar-refractivity contribution in [1.82, 2.24) is 20.1 Å². The highest BCUT2D eigenvalue weighted by molar-refractivity contribution is 9.10. The van der Waals surface area contributed by atoms with Crippen LogP contribution in [0.25, 0.3) is 0 Å².